The Morgan fingerprint density at radius 3 is 2.64 bits per heavy atom. The summed E-state index contributed by atoms with van der Waals surface area (Å²) in [4.78, 5) is 7.85. The first-order valence-corrected chi connectivity index (χ1v) is 4.41. The molecule has 0 amide bonds. The molecular formula is C10H16IN3. The third-order valence-corrected chi connectivity index (χ3v) is 1.87. The number of nitrogens with one attached hydrogen (secondary N) is 1. The molecule has 0 aliphatic heterocycles. The summed E-state index contributed by atoms with van der Waals surface area (Å²) in [7, 11) is 1.96. The molecule has 0 radical (unpaired) electrons. The normalized spacial score (nSPS) is 12.4. The van der Waals surface area contributed by atoms with Crippen LogP contribution in [0.2, 0.25) is 0 Å². The molecule has 0 aliphatic carbocycles. The van der Waals surface area contributed by atoms with Crippen LogP contribution in [0, 0.1) is 0 Å². The molecule has 1 rings (SSSR count). The summed E-state index contributed by atoms with van der Waals surface area (Å²) in [6, 6.07) is 0.515. The first-order chi connectivity index (χ1) is 6.33. The van der Waals surface area contributed by atoms with Gasteiger partial charge in [0.25, 0.3) is 0 Å². The van der Waals surface area contributed by atoms with Crippen molar-refractivity contribution >= 4 is 30.1 Å². The van der Waals surface area contributed by atoms with E-state index < -0.39 is 0 Å². The molecule has 1 atom stereocenters. The van der Waals surface area contributed by atoms with Crippen LogP contribution in [0.4, 0.5) is 0 Å². The molecule has 0 unspecified atom stereocenters. The van der Waals surface area contributed by atoms with E-state index in [-0.39, 0.29) is 24.0 Å². The van der Waals surface area contributed by atoms with Crippen molar-refractivity contribution in [3.63, 3.8) is 0 Å². The van der Waals surface area contributed by atoms with Gasteiger partial charge in [-0.2, -0.15) is 0 Å². The molecule has 0 saturated heterocycles. The molecular weight excluding hydrogens is 289 g/mol. The van der Waals surface area contributed by atoms with Crippen molar-refractivity contribution in [3.8, 4) is 0 Å². The highest BCUT2D eigenvalue weighted by molar-refractivity contribution is 14.0. The monoisotopic (exact) mass is 305 g/mol. The Morgan fingerprint density at radius 2 is 2.07 bits per heavy atom. The molecule has 0 saturated carbocycles. The molecule has 0 fully saturated rings. The Labute approximate surface area is 102 Å². The van der Waals surface area contributed by atoms with E-state index in [1.165, 1.54) is 6.33 Å². The predicted octanol–water partition coefficient (Wildman–Crippen LogP) is 2.11. The van der Waals surface area contributed by atoms with E-state index in [1.54, 1.807) is 12.4 Å². The maximum absolute atomic E-state index is 3.92. The Balaban J connectivity index is 0.00000169. The summed E-state index contributed by atoms with van der Waals surface area (Å²) in [6.45, 7) is 2.14. The van der Waals surface area contributed by atoms with Crippen LogP contribution in [0.1, 0.15) is 18.9 Å². The second-order valence-electron chi connectivity index (χ2n) is 3.00. The van der Waals surface area contributed by atoms with Crippen molar-refractivity contribution in [2.45, 2.75) is 19.4 Å². The predicted molar refractivity (Wildman–Crippen MR) is 69.6 cm³/mol. The van der Waals surface area contributed by atoms with E-state index in [0.717, 1.165) is 12.0 Å². The van der Waals surface area contributed by atoms with Gasteiger partial charge in [-0.1, -0.05) is 12.2 Å². The Morgan fingerprint density at radius 1 is 1.43 bits per heavy atom. The maximum Gasteiger partial charge on any atom is 0.115 e. The van der Waals surface area contributed by atoms with Crippen molar-refractivity contribution in [2.75, 3.05) is 7.05 Å². The standard InChI is InChI=1S/C10H15N3.HI/c1-9(11-2)4-3-5-10-6-12-8-13-7-10;/h3,5-9,11H,4H2,1-2H3;1H/t9-;/m0./s1. The maximum atomic E-state index is 3.92. The zero-order valence-corrected chi connectivity index (χ0v) is 10.8. The molecule has 14 heavy (non-hydrogen) atoms. The smallest absolute Gasteiger partial charge is 0.115 e. The Bertz CT molecular complexity index is 261. The Hall–Kier alpha value is -0.490. The topological polar surface area (TPSA) is 37.8 Å². The van der Waals surface area contributed by atoms with Crippen molar-refractivity contribution < 1.29 is 0 Å². The fourth-order valence-corrected chi connectivity index (χ4v) is 0.923. The van der Waals surface area contributed by atoms with Gasteiger partial charge in [-0.05, 0) is 20.4 Å². The van der Waals surface area contributed by atoms with Crippen LogP contribution in [0.5, 0.6) is 0 Å². The molecule has 1 aromatic heterocycles. The largest absolute Gasteiger partial charge is 0.317 e. The zero-order chi connectivity index (χ0) is 9.52. The average Bonchev–Trinajstić information content (AvgIpc) is 2.19. The van der Waals surface area contributed by atoms with Gasteiger partial charge in [-0.3, -0.25) is 0 Å². The van der Waals surface area contributed by atoms with E-state index in [0.29, 0.717) is 6.04 Å². The highest BCUT2D eigenvalue weighted by atomic mass is 127. The van der Waals surface area contributed by atoms with Gasteiger partial charge in [0.15, 0.2) is 0 Å². The minimum Gasteiger partial charge on any atom is -0.317 e. The second-order valence-corrected chi connectivity index (χ2v) is 3.00. The first kappa shape index (κ1) is 13.5. The van der Waals surface area contributed by atoms with E-state index in [1.807, 2.05) is 13.1 Å². The second kappa shape index (κ2) is 7.87. The van der Waals surface area contributed by atoms with Gasteiger partial charge in [-0.15, -0.1) is 24.0 Å². The SMILES string of the molecule is CN[C@@H](C)CC=Cc1cncnc1.I. The van der Waals surface area contributed by atoms with Crippen LogP contribution in [0.15, 0.2) is 24.8 Å². The van der Waals surface area contributed by atoms with Gasteiger partial charge in [-0.25, -0.2) is 9.97 Å². The van der Waals surface area contributed by atoms with Crippen LogP contribution in [0.25, 0.3) is 6.08 Å². The van der Waals surface area contributed by atoms with Gasteiger partial charge in [0.1, 0.15) is 6.33 Å². The van der Waals surface area contributed by atoms with Crippen LogP contribution >= 0.6 is 24.0 Å². The number of hydrogen-bond donors (Lipinski definition) is 1. The fourth-order valence-electron chi connectivity index (χ4n) is 0.923. The summed E-state index contributed by atoms with van der Waals surface area (Å²) >= 11 is 0. The lowest BCUT2D eigenvalue weighted by molar-refractivity contribution is 0.621. The summed E-state index contributed by atoms with van der Waals surface area (Å²) < 4.78 is 0. The summed E-state index contributed by atoms with van der Waals surface area (Å²) in [5, 5.41) is 3.17. The molecule has 4 heteroatoms. The van der Waals surface area contributed by atoms with Gasteiger partial charge in [0.05, 0.1) is 0 Å². The van der Waals surface area contributed by atoms with Crippen LogP contribution < -0.4 is 5.32 Å². The van der Waals surface area contributed by atoms with Crippen molar-refractivity contribution in [2.24, 2.45) is 0 Å². The molecule has 0 aliphatic rings. The quantitative estimate of drug-likeness (QED) is 0.866. The summed E-state index contributed by atoms with van der Waals surface area (Å²) in [5.41, 5.74) is 1.05. The highest BCUT2D eigenvalue weighted by Crippen LogP contribution is 1.99. The van der Waals surface area contributed by atoms with Crippen LogP contribution in [-0.4, -0.2) is 23.1 Å². The average molecular weight is 305 g/mol. The molecule has 3 nitrogen and oxygen atoms in total. The van der Waals surface area contributed by atoms with Gasteiger partial charge >= 0.3 is 0 Å². The van der Waals surface area contributed by atoms with E-state index in [4.69, 9.17) is 0 Å². The number of rotatable bonds is 4. The number of aromatic nitrogens is 2. The molecule has 78 valence electrons. The lowest BCUT2D eigenvalue weighted by Crippen LogP contribution is -2.19. The van der Waals surface area contributed by atoms with Gasteiger partial charge in [0, 0.05) is 24.0 Å². The lowest BCUT2D eigenvalue weighted by atomic mass is 10.2. The molecule has 0 aromatic carbocycles. The van der Waals surface area contributed by atoms with Crippen molar-refractivity contribution in [1.29, 1.82) is 0 Å². The molecule has 1 heterocycles. The fraction of sp³-hybridized carbons (Fsp3) is 0.400. The van der Waals surface area contributed by atoms with Gasteiger partial charge < -0.3 is 5.32 Å². The number of halogens is 1. The molecule has 0 spiro atoms. The lowest BCUT2D eigenvalue weighted by Gasteiger charge is -2.04. The van der Waals surface area contributed by atoms with E-state index >= 15 is 0 Å². The van der Waals surface area contributed by atoms with E-state index in [9.17, 15) is 0 Å². The third kappa shape index (κ3) is 5.29. The molecule has 1 aromatic rings. The summed E-state index contributed by atoms with van der Waals surface area (Å²) in [5.74, 6) is 0. The van der Waals surface area contributed by atoms with Crippen molar-refractivity contribution in [1.82, 2.24) is 15.3 Å². The third-order valence-electron chi connectivity index (χ3n) is 1.87. The first-order valence-electron chi connectivity index (χ1n) is 4.41. The number of hydrogen-bond acceptors (Lipinski definition) is 3. The van der Waals surface area contributed by atoms with Crippen LogP contribution in [-0.2, 0) is 0 Å². The molecule has 1 N–H and O–H groups in total. The Kier molecular flexibility index (Phi) is 7.60. The zero-order valence-electron chi connectivity index (χ0n) is 8.47. The highest BCUT2D eigenvalue weighted by Gasteiger charge is 1.92. The summed E-state index contributed by atoms with van der Waals surface area (Å²) in [6.07, 6.45) is 10.3. The minimum absolute atomic E-state index is 0. The van der Waals surface area contributed by atoms with E-state index in [2.05, 4.69) is 28.3 Å². The number of nitrogens with zero attached hydrogens (tertiary/aromatic N) is 2. The van der Waals surface area contributed by atoms with Gasteiger partial charge in [0.2, 0.25) is 0 Å². The van der Waals surface area contributed by atoms with Crippen LogP contribution in [0.3, 0.4) is 0 Å². The molecule has 0 bridgehead atoms. The van der Waals surface area contributed by atoms with Crippen molar-refractivity contribution in [3.05, 3.63) is 30.4 Å². The minimum atomic E-state index is 0.